The smallest absolute Gasteiger partial charge is 0.143 e. The summed E-state index contributed by atoms with van der Waals surface area (Å²) >= 11 is 0. The van der Waals surface area contributed by atoms with Gasteiger partial charge in [-0.2, -0.15) is 0 Å². The van der Waals surface area contributed by atoms with Crippen molar-refractivity contribution in [2.24, 2.45) is 16.7 Å². The molecule has 14 heavy (non-hydrogen) atoms. The minimum Gasteiger partial charge on any atom is -0.299 e. The first-order valence-corrected chi connectivity index (χ1v) is 5.21. The highest BCUT2D eigenvalue weighted by molar-refractivity contribution is 5.92. The Morgan fingerprint density at radius 1 is 1.43 bits per heavy atom. The van der Waals surface area contributed by atoms with Crippen LogP contribution in [0.15, 0.2) is 12.2 Å². The SMILES string of the molecule is CC1(C)[C@@H]2CC[C@@]1(/C=C/C=O)C(=O)C2. The zero-order chi connectivity index (χ0) is 10.4. The molecule has 0 saturated heterocycles. The number of carbonyl (C=O) groups is 2. The van der Waals surface area contributed by atoms with Crippen molar-refractivity contribution in [1.29, 1.82) is 0 Å². The molecule has 2 nitrogen and oxygen atoms in total. The quantitative estimate of drug-likeness (QED) is 0.496. The average Bonchev–Trinajstić information content (AvgIpc) is 2.48. The average molecular weight is 192 g/mol. The molecule has 2 aliphatic rings. The number of rotatable bonds is 2. The maximum atomic E-state index is 11.9. The van der Waals surface area contributed by atoms with E-state index in [9.17, 15) is 9.59 Å². The largest absolute Gasteiger partial charge is 0.299 e. The molecule has 0 radical (unpaired) electrons. The van der Waals surface area contributed by atoms with Crippen molar-refractivity contribution in [3.8, 4) is 0 Å². The number of Topliss-reactive ketones (excluding diaryl/α,β-unsaturated/α-hetero) is 1. The summed E-state index contributed by atoms with van der Waals surface area (Å²) < 4.78 is 0. The predicted octanol–water partition coefficient (Wildman–Crippen LogP) is 2.14. The van der Waals surface area contributed by atoms with Gasteiger partial charge in [0.1, 0.15) is 12.1 Å². The van der Waals surface area contributed by atoms with E-state index in [0.29, 0.717) is 18.1 Å². The number of aldehydes is 1. The van der Waals surface area contributed by atoms with Gasteiger partial charge in [-0.3, -0.25) is 9.59 Å². The van der Waals surface area contributed by atoms with E-state index in [4.69, 9.17) is 0 Å². The fourth-order valence-electron chi connectivity index (χ4n) is 3.31. The zero-order valence-corrected chi connectivity index (χ0v) is 8.75. The molecule has 0 N–H and O–H groups in total. The third-order valence-electron chi connectivity index (χ3n) is 4.45. The van der Waals surface area contributed by atoms with Crippen molar-refractivity contribution in [2.45, 2.75) is 33.1 Å². The summed E-state index contributed by atoms with van der Waals surface area (Å²) in [6.45, 7) is 4.31. The van der Waals surface area contributed by atoms with Crippen LogP contribution in [0.2, 0.25) is 0 Å². The lowest BCUT2D eigenvalue weighted by atomic mass is 9.69. The minimum absolute atomic E-state index is 0.0452. The van der Waals surface area contributed by atoms with Crippen molar-refractivity contribution in [1.82, 2.24) is 0 Å². The van der Waals surface area contributed by atoms with E-state index in [-0.39, 0.29) is 10.8 Å². The van der Waals surface area contributed by atoms with E-state index in [0.717, 1.165) is 19.1 Å². The van der Waals surface area contributed by atoms with Gasteiger partial charge in [-0.25, -0.2) is 0 Å². The van der Waals surface area contributed by atoms with Gasteiger partial charge in [0.15, 0.2) is 0 Å². The third-order valence-corrected chi connectivity index (χ3v) is 4.45. The molecular formula is C12H16O2. The number of hydrogen-bond acceptors (Lipinski definition) is 2. The molecule has 0 aliphatic heterocycles. The molecule has 2 rings (SSSR count). The first-order valence-electron chi connectivity index (χ1n) is 5.21. The monoisotopic (exact) mass is 192 g/mol. The Morgan fingerprint density at radius 3 is 2.57 bits per heavy atom. The van der Waals surface area contributed by atoms with Gasteiger partial charge >= 0.3 is 0 Å². The second-order valence-corrected chi connectivity index (χ2v) is 5.05. The number of carbonyl (C=O) groups excluding carboxylic acids is 2. The highest BCUT2D eigenvalue weighted by Crippen LogP contribution is 2.64. The molecule has 2 aliphatic carbocycles. The van der Waals surface area contributed by atoms with Crippen LogP contribution in [0.3, 0.4) is 0 Å². The Labute approximate surface area is 84.4 Å². The topological polar surface area (TPSA) is 34.1 Å². The van der Waals surface area contributed by atoms with Gasteiger partial charge in [-0.15, -0.1) is 0 Å². The fourth-order valence-corrected chi connectivity index (χ4v) is 3.31. The first-order chi connectivity index (χ1) is 6.54. The van der Waals surface area contributed by atoms with Gasteiger partial charge in [0.25, 0.3) is 0 Å². The van der Waals surface area contributed by atoms with Gasteiger partial charge in [0.05, 0.1) is 5.41 Å². The first kappa shape index (κ1) is 9.63. The van der Waals surface area contributed by atoms with Crippen molar-refractivity contribution in [3.63, 3.8) is 0 Å². The maximum absolute atomic E-state index is 11.9. The van der Waals surface area contributed by atoms with Gasteiger partial charge in [0.2, 0.25) is 0 Å². The Kier molecular flexibility index (Phi) is 1.91. The molecule has 2 saturated carbocycles. The Balaban J connectivity index is 2.44. The van der Waals surface area contributed by atoms with E-state index in [1.165, 1.54) is 6.08 Å². The predicted molar refractivity (Wildman–Crippen MR) is 53.8 cm³/mol. The second kappa shape index (κ2) is 2.78. The lowest BCUT2D eigenvalue weighted by molar-refractivity contribution is -0.126. The molecular weight excluding hydrogens is 176 g/mol. The van der Waals surface area contributed by atoms with Crippen LogP contribution in [0.25, 0.3) is 0 Å². The van der Waals surface area contributed by atoms with E-state index in [1.807, 2.05) is 6.08 Å². The van der Waals surface area contributed by atoms with Crippen LogP contribution in [0, 0.1) is 16.7 Å². The summed E-state index contributed by atoms with van der Waals surface area (Å²) in [6, 6.07) is 0. The Morgan fingerprint density at radius 2 is 2.14 bits per heavy atom. The minimum atomic E-state index is -0.335. The van der Waals surface area contributed by atoms with Crippen LogP contribution in [0.4, 0.5) is 0 Å². The zero-order valence-electron chi connectivity index (χ0n) is 8.75. The third kappa shape index (κ3) is 0.915. The molecule has 0 aromatic rings. The summed E-state index contributed by atoms with van der Waals surface area (Å²) in [7, 11) is 0. The van der Waals surface area contributed by atoms with Gasteiger partial charge in [0, 0.05) is 6.42 Å². The van der Waals surface area contributed by atoms with Crippen LogP contribution in [0.5, 0.6) is 0 Å². The molecule has 2 bridgehead atoms. The van der Waals surface area contributed by atoms with Crippen molar-refractivity contribution in [2.75, 3.05) is 0 Å². The summed E-state index contributed by atoms with van der Waals surface area (Å²) in [5.41, 5.74) is -0.290. The molecule has 0 spiro atoms. The molecule has 0 amide bonds. The molecule has 76 valence electrons. The fraction of sp³-hybridized carbons (Fsp3) is 0.667. The molecule has 2 heteroatoms. The second-order valence-electron chi connectivity index (χ2n) is 5.05. The van der Waals surface area contributed by atoms with Crippen LogP contribution < -0.4 is 0 Å². The summed E-state index contributed by atoms with van der Waals surface area (Å²) in [5, 5.41) is 0. The Bertz CT molecular complexity index is 314. The lowest BCUT2D eigenvalue weighted by Gasteiger charge is -2.33. The Hall–Kier alpha value is -0.920. The molecule has 0 aromatic carbocycles. The number of ketones is 1. The number of allylic oxidation sites excluding steroid dienone is 2. The van der Waals surface area contributed by atoms with Gasteiger partial charge in [-0.1, -0.05) is 19.9 Å². The van der Waals surface area contributed by atoms with E-state index in [2.05, 4.69) is 13.8 Å². The lowest BCUT2D eigenvalue weighted by Crippen LogP contribution is -2.33. The van der Waals surface area contributed by atoms with Gasteiger partial charge in [-0.05, 0) is 30.3 Å². The van der Waals surface area contributed by atoms with Crippen LogP contribution in [0.1, 0.15) is 33.1 Å². The van der Waals surface area contributed by atoms with Crippen LogP contribution in [-0.4, -0.2) is 12.1 Å². The van der Waals surface area contributed by atoms with Crippen LogP contribution >= 0.6 is 0 Å². The summed E-state index contributed by atoms with van der Waals surface area (Å²) in [5.74, 6) is 0.850. The number of fused-ring (bicyclic) bond motifs is 2. The molecule has 2 atom stereocenters. The van der Waals surface area contributed by atoms with Crippen molar-refractivity contribution < 1.29 is 9.59 Å². The standard InChI is InChI=1S/C12H16O2/c1-11(2)9-4-6-12(11,5-3-7-13)10(14)8-9/h3,5,7,9H,4,6,8H2,1-2H3/b5-3+/t9-,12+/m1/s1. The molecule has 0 heterocycles. The van der Waals surface area contributed by atoms with E-state index < -0.39 is 0 Å². The summed E-state index contributed by atoms with van der Waals surface area (Å²) in [4.78, 5) is 22.3. The van der Waals surface area contributed by atoms with Crippen LogP contribution in [-0.2, 0) is 9.59 Å². The summed E-state index contributed by atoms with van der Waals surface area (Å²) in [6.07, 6.45) is 6.86. The number of hydrogen-bond donors (Lipinski definition) is 0. The highest BCUT2D eigenvalue weighted by atomic mass is 16.1. The molecule has 2 fully saturated rings. The molecule has 0 aromatic heterocycles. The van der Waals surface area contributed by atoms with E-state index in [1.54, 1.807) is 0 Å². The van der Waals surface area contributed by atoms with E-state index >= 15 is 0 Å². The van der Waals surface area contributed by atoms with Crippen molar-refractivity contribution in [3.05, 3.63) is 12.2 Å². The van der Waals surface area contributed by atoms with Gasteiger partial charge < -0.3 is 0 Å². The maximum Gasteiger partial charge on any atom is 0.143 e. The molecule has 0 unspecified atom stereocenters. The highest BCUT2D eigenvalue weighted by Gasteiger charge is 2.62. The normalized spacial score (nSPS) is 39.6. The van der Waals surface area contributed by atoms with Crippen molar-refractivity contribution >= 4 is 12.1 Å².